The molecule has 0 radical (unpaired) electrons. The lowest BCUT2D eigenvalue weighted by molar-refractivity contribution is 0.305. The number of hydrogen-bond donors (Lipinski definition) is 1. The molecule has 1 N–H and O–H groups in total. The van der Waals surface area contributed by atoms with Crippen LogP contribution in [0.1, 0.15) is 31.9 Å². The highest BCUT2D eigenvalue weighted by Crippen LogP contribution is 2.19. The molecule has 2 rings (SSSR count). The molecule has 0 atom stereocenters. The summed E-state index contributed by atoms with van der Waals surface area (Å²) in [6.45, 7) is 7.78. The third-order valence-electron chi connectivity index (χ3n) is 3.07. The minimum Gasteiger partial charge on any atom is -0.489 e. The molecule has 0 saturated carbocycles. The molecule has 0 saturated heterocycles. The Morgan fingerprint density at radius 1 is 1.05 bits per heavy atom. The molecule has 0 aliphatic heterocycles. The molecule has 0 aliphatic carbocycles. The Bertz CT molecular complexity index is 590. The van der Waals surface area contributed by atoms with Crippen molar-refractivity contribution in [3.63, 3.8) is 0 Å². The average molecular weight is 304 g/mol. The quantitative estimate of drug-likeness (QED) is 0.856. The van der Waals surface area contributed by atoms with E-state index in [0.29, 0.717) is 6.61 Å². The Morgan fingerprint density at radius 2 is 1.81 bits per heavy atom. The van der Waals surface area contributed by atoms with Gasteiger partial charge in [0.15, 0.2) is 0 Å². The van der Waals surface area contributed by atoms with Gasteiger partial charge in [0, 0.05) is 22.7 Å². The van der Waals surface area contributed by atoms with E-state index >= 15 is 0 Å². The van der Waals surface area contributed by atoms with Gasteiger partial charge in [-0.1, -0.05) is 41.9 Å². The number of halogens is 1. The predicted octanol–water partition coefficient (Wildman–Crippen LogP) is 4.81. The van der Waals surface area contributed by atoms with Crippen LogP contribution in [-0.2, 0) is 13.2 Å². The second kappa shape index (κ2) is 6.97. The number of benzene rings is 2. The smallest absolute Gasteiger partial charge is 0.120 e. The highest BCUT2D eigenvalue weighted by molar-refractivity contribution is 6.31. The zero-order chi connectivity index (χ0) is 15.3. The van der Waals surface area contributed by atoms with Crippen LogP contribution < -0.4 is 10.1 Å². The summed E-state index contributed by atoms with van der Waals surface area (Å²) in [7, 11) is 0. The lowest BCUT2D eigenvalue weighted by Crippen LogP contribution is -2.35. The molecule has 0 bridgehead atoms. The molecule has 0 aromatic heterocycles. The van der Waals surface area contributed by atoms with Crippen molar-refractivity contribution in [2.24, 2.45) is 0 Å². The van der Waals surface area contributed by atoms with Crippen molar-refractivity contribution in [3.8, 4) is 5.75 Å². The third kappa shape index (κ3) is 5.41. The van der Waals surface area contributed by atoms with Crippen LogP contribution in [0.25, 0.3) is 0 Å². The SMILES string of the molecule is CC(C)(C)NCc1cccc(OCc2ccccc2Cl)c1. The van der Waals surface area contributed by atoms with E-state index in [2.05, 4.69) is 38.2 Å². The van der Waals surface area contributed by atoms with Gasteiger partial charge in [0.25, 0.3) is 0 Å². The fraction of sp³-hybridized carbons (Fsp3) is 0.333. The van der Waals surface area contributed by atoms with E-state index in [1.165, 1.54) is 5.56 Å². The number of nitrogens with one attached hydrogen (secondary N) is 1. The first-order valence-corrected chi connectivity index (χ1v) is 7.52. The highest BCUT2D eigenvalue weighted by atomic mass is 35.5. The van der Waals surface area contributed by atoms with Crippen LogP contribution in [0.15, 0.2) is 48.5 Å². The molecular weight excluding hydrogens is 282 g/mol. The summed E-state index contributed by atoms with van der Waals surface area (Å²) >= 11 is 6.13. The summed E-state index contributed by atoms with van der Waals surface area (Å²) in [5.74, 6) is 0.864. The molecule has 0 heterocycles. The lowest BCUT2D eigenvalue weighted by Gasteiger charge is -2.20. The van der Waals surface area contributed by atoms with E-state index < -0.39 is 0 Å². The third-order valence-corrected chi connectivity index (χ3v) is 3.44. The molecule has 3 heteroatoms. The monoisotopic (exact) mass is 303 g/mol. The van der Waals surface area contributed by atoms with Crippen LogP contribution in [0, 0.1) is 0 Å². The zero-order valence-corrected chi connectivity index (χ0v) is 13.6. The first kappa shape index (κ1) is 15.9. The molecule has 0 fully saturated rings. The van der Waals surface area contributed by atoms with Crippen molar-refractivity contribution < 1.29 is 4.74 Å². The molecule has 0 amide bonds. The minimum absolute atomic E-state index is 0.106. The van der Waals surface area contributed by atoms with Gasteiger partial charge in [0.05, 0.1) is 0 Å². The van der Waals surface area contributed by atoms with Crippen LogP contribution in [0.3, 0.4) is 0 Å². The highest BCUT2D eigenvalue weighted by Gasteiger charge is 2.08. The molecular formula is C18H22ClNO. The van der Waals surface area contributed by atoms with Crippen LogP contribution in [0.4, 0.5) is 0 Å². The van der Waals surface area contributed by atoms with Gasteiger partial charge in [-0.15, -0.1) is 0 Å². The maximum atomic E-state index is 6.13. The van der Waals surface area contributed by atoms with Gasteiger partial charge in [-0.25, -0.2) is 0 Å². The van der Waals surface area contributed by atoms with Gasteiger partial charge in [-0.3, -0.25) is 0 Å². The lowest BCUT2D eigenvalue weighted by atomic mass is 10.1. The van der Waals surface area contributed by atoms with Crippen LogP contribution in [0.5, 0.6) is 5.75 Å². The predicted molar refractivity (Wildman–Crippen MR) is 88.8 cm³/mol. The second-order valence-electron chi connectivity index (χ2n) is 6.13. The Labute approximate surface area is 132 Å². The van der Waals surface area contributed by atoms with Gasteiger partial charge in [0.1, 0.15) is 12.4 Å². The normalized spacial score (nSPS) is 11.4. The average Bonchev–Trinajstić information content (AvgIpc) is 2.44. The second-order valence-corrected chi connectivity index (χ2v) is 6.54. The molecule has 112 valence electrons. The van der Waals surface area contributed by atoms with Crippen molar-refractivity contribution in [3.05, 3.63) is 64.7 Å². The topological polar surface area (TPSA) is 21.3 Å². The van der Waals surface area contributed by atoms with Crippen molar-refractivity contribution in [2.45, 2.75) is 39.5 Å². The van der Waals surface area contributed by atoms with E-state index in [1.807, 2.05) is 36.4 Å². The Hall–Kier alpha value is -1.51. The Balaban J connectivity index is 1.96. The summed E-state index contributed by atoms with van der Waals surface area (Å²) in [4.78, 5) is 0. The molecule has 2 aromatic carbocycles. The molecule has 0 aliphatic rings. The minimum atomic E-state index is 0.106. The van der Waals surface area contributed by atoms with Crippen LogP contribution >= 0.6 is 11.6 Å². The van der Waals surface area contributed by atoms with E-state index in [0.717, 1.165) is 22.9 Å². The standard InChI is InChI=1S/C18H22ClNO/c1-18(2,3)20-12-14-7-6-9-16(11-14)21-13-15-8-4-5-10-17(15)19/h4-11,20H,12-13H2,1-3H3. The molecule has 2 aromatic rings. The molecule has 2 nitrogen and oxygen atoms in total. The van der Waals surface area contributed by atoms with Crippen molar-refractivity contribution in [2.75, 3.05) is 0 Å². The van der Waals surface area contributed by atoms with Crippen LogP contribution in [0.2, 0.25) is 5.02 Å². The summed E-state index contributed by atoms with van der Waals surface area (Å²) in [5, 5.41) is 4.21. The molecule has 21 heavy (non-hydrogen) atoms. The Kier molecular flexibility index (Phi) is 5.27. The van der Waals surface area contributed by atoms with Gasteiger partial charge >= 0.3 is 0 Å². The van der Waals surface area contributed by atoms with Crippen molar-refractivity contribution in [1.29, 1.82) is 0 Å². The fourth-order valence-electron chi connectivity index (χ4n) is 1.89. The van der Waals surface area contributed by atoms with Crippen LogP contribution in [-0.4, -0.2) is 5.54 Å². The number of ether oxygens (including phenoxy) is 1. The first-order valence-electron chi connectivity index (χ1n) is 7.14. The number of hydrogen-bond acceptors (Lipinski definition) is 2. The van der Waals surface area contributed by atoms with Gasteiger partial charge in [-0.2, -0.15) is 0 Å². The van der Waals surface area contributed by atoms with Gasteiger partial charge in [-0.05, 0) is 44.5 Å². The zero-order valence-electron chi connectivity index (χ0n) is 12.8. The largest absolute Gasteiger partial charge is 0.489 e. The summed E-state index contributed by atoms with van der Waals surface area (Å²) < 4.78 is 5.83. The van der Waals surface area contributed by atoms with Gasteiger partial charge < -0.3 is 10.1 Å². The number of rotatable bonds is 5. The summed E-state index contributed by atoms with van der Waals surface area (Å²) in [6.07, 6.45) is 0. The van der Waals surface area contributed by atoms with E-state index in [9.17, 15) is 0 Å². The summed E-state index contributed by atoms with van der Waals surface area (Å²) in [6, 6.07) is 15.9. The van der Waals surface area contributed by atoms with Crippen molar-refractivity contribution in [1.82, 2.24) is 5.32 Å². The first-order chi connectivity index (χ1) is 9.94. The van der Waals surface area contributed by atoms with E-state index in [1.54, 1.807) is 0 Å². The van der Waals surface area contributed by atoms with Crippen molar-refractivity contribution >= 4 is 11.6 Å². The fourth-order valence-corrected chi connectivity index (χ4v) is 2.08. The molecule has 0 spiro atoms. The molecule has 0 unspecified atom stereocenters. The summed E-state index contributed by atoms with van der Waals surface area (Å²) in [5.41, 5.74) is 2.31. The van der Waals surface area contributed by atoms with Gasteiger partial charge in [0.2, 0.25) is 0 Å². The van der Waals surface area contributed by atoms with E-state index in [-0.39, 0.29) is 5.54 Å². The Morgan fingerprint density at radius 3 is 2.52 bits per heavy atom. The maximum absolute atomic E-state index is 6.13. The van der Waals surface area contributed by atoms with E-state index in [4.69, 9.17) is 16.3 Å². The maximum Gasteiger partial charge on any atom is 0.120 e.